The van der Waals surface area contributed by atoms with E-state index in [0.717, 1.165) is 35.2 Å². The second-order valence-corrected chi connectivity index (χ2v) is 8.05. The van der Waals surface area contributed by atoms with E-state index in [-0.39, 0.29) is 0 Å². The van der Waals surface area contributed by atoms with Gasteiger partial charge in [-0.1, -0.05) is 82.9 Å². The molecule has 2 aromatic carbocycles. The minimum Gasteiger partial charge on any atom is -0.508 e. The molecule has 0 aliphatic heterocycles. The summed E-state index contributed by atoms with van der Waals surface area (Å²) in [7, 11) is 0. The molecule has 2 heteroatoms. The van der Waals surface area contributed by atoms with Crippen molar-refractivity contribution in [3.05, 3.63) is 54.1 Å². The largest absolute Gasteiger partial charge is 0.508 e. The van der Waals surface area contributed by atoms with Crippen molar-refractivity contribution in [2.24, 2.45) is 0 Å². The molecule has 0 saturated carbocycles. The second-order valence-electron chi connectivity index (χ2n) is 8.05. The van der Waals surface area contributed by atoms with Crippen LogP contribution in [0.2, 0.25) is 0 Å². The van der Waals surface area contributed by atoms with E-state index in [2.05, 4.69) is 48.3 Å². The Hall–Kier alpha value is -2.22. The smallest absolute Gasteiger partial charge is 0.118 e. The highest BCUT2D eigenvalue weighted by molar-refractivity contribution is 5.85. The fraction of sp³-hybridized carbons (Fsp3) is 0.462. The first-order valence-corrected chi connectivity index (χ1v) is 11.2. The number of aromatic amines is 1. The van der Waals surface area contributed by atoms with Gasteiger partial charge in [-0.3, -0.25) is 0 Å². The Bertz CT molecular complexity index is 816. The first kappa shape index (κ1) is 20.5. The van der Waals surface area contributed by atoms with E-state index >= 15 is 0 Å². The Kier molecular flexibility index (Phi) is 8.02. The summed E-state index contributed by atoms with van der Waals surface area (Å²) in [5.41, 5.74) is 4.49. The van der Waals surface area contributed by atoms with Crippen LogP contribution in [0.3, 0.4) is 0 Å². The van der Waals surface area contributed by atoms with Crippen molar-refractivity contribution in [2.75, 3.05) is 0 Å². The zero-order valence-electron chi connectivity index (χ0n) is 17.3. The van der Waals surface area contributed by atoms with E-state index < -0.39 is 0 Å². The highest BCUT2D eigenvalue weighted by atomic mass is 16.3. The third kappa shape index (κ3) is 5.89. The molecule has 0 radical (unpaired) electrons. The molecule has 0 fully saturated rings. The van der Waals surface area contributed by atoms with E-state index in [1.165, 1.54) is 63.2 Å². The third-order valence-corrected chi connectivity index (χ3v) is 5.72. The van der Waals surface area contributed by atoms with Gasteiger partial charge in [0.05, 0.1) is 0 Å². The lowest BCUT2D eigenvalue weighted by Crippen LogP contribution is -1.89. The first-order valence-electron chi connectivity index (χ1n) is 11.2. The van der Waals surface area contributed by atoms with E-state index in [4.69, 9.17) is 0 Å². The number of rotatable bonds is 12. The molecule has 28 heavy (non-hydrogen) atoms. The summed E-state index contributed by atoms with van der Waals surface area (Å²) in [6.07, 6.45) is 14.3. The summed E-state index contributed by atoms with van der Waals surface area (Å²) < 4.78 is 0. The fourth-order valence-corrected chi connectivity index (χ4v) is 3.99. The van der Waals surface area contributed by atoms with Gasteiger partial charge in [0.15, 0.2) is 0 Å². The topological polar surface area (TPSA) is 36.0 Å². The third-order valence-electron chi connectivity index (χ3n) is 5.72. The maximum atomic E-state index is 10.3. The number of aryl methyl sites for hydroxylation is 1. The molecule has 2 nitrogen and oxygen atoms in total. The van der Waals surface area contributed by atoms with Gasteiger partial charge >= 0.3 is 0 Å². The minimum atomic E-state index is 0.427. The van der Waals surface area contributed by atoms with Crippen molar-refractivity contribution < 1.29 is 5.11 Å². The number of phenols is 1. The number of unbranched alkanes of at least 4 members (excludes halogenated alkanes) is 9. The molecule has 150 valence electrons. The number of hydrogen-bond acceptors (Lipinski definition) is 1. The van der Waals surface area contributed by atoms with Gasteiger partial charge in [0.25, 0.3) is 0 Å². The van der Waals surface area contributed by atoms with Crippen LogP contribution in [0.4, 0.5) is 0 Å². The summed E-state index contributed by atoms with van der Waals surface area (Å²) in [6, 6.07) is 16.5. The van der Waals surface area contributed by atoms with Gasteiger partial charge in [-0.2, -0.15) is 0 Å². The minimum absolute atomic E-state index is 0.427. The van der Waals surface area contributed by atoms with Crippen LogP contribution in [-0.2, 0) is 6.42 Å². The van der Waals surface area contributed by atoms with Crippen molar-refractivity contribution >= 4 is 10.9 Å². The zero-order chi connectivity index (χ0) is 19.6. The number of fused-ring (bicyclic) bond motifs is 1. The van der Waals surface area contributed by atoms with Crippen molar-refractivity contribution in [1.29, 1.82) is 0 Å². The molecule has 0 aliphatic carbocycles. The van der Waals surface area contributed by atoms with Gasteiger partial charge < -0.3 is 10.1 Å². The Morgan fingerprint density at radius 1 is 0.750 bits per heavy atom. The molecule has 3 rings (SSSR count). The number of para-hydroxylation sites is 1. The molecule has 0 amide bonds. The van der Waals surface area contributed by atoms with Crippen LogP contribution in [0.25, 0.3) is 22.2 Å². The van der Waals surface area contributed by atoms with E-state index in [1.807, 2.05) is 12.1 Å². The number of phenolic OH excluding ortho intramolecular Hbond substituents is 1. The predicted octanol–water partition coefficient (Wildman–Crippen LogP) is 8.00. The molecule has 0 aliphatic rings. The number of aromatic nitrogens is 1. The predicted molar refractivity (Wildman–Crippen MR) is 121 cm³/mol. The van der Waals surface area contributed by atoms with Crippen molar-refractivity contribution in [3.63, 3.8) is 0 Å². The summed E-state index contributed by atoms with van der Waals surface area (Å²) in [5, 5.41) is 11.5. The number of benzene rings is 2. The van der Waals surface area contributed by atoms with Crippen LogP contribution in [0, 0.1) is 0 Å². The quantitative estimate of drug-likeness (QED) is 0.308. The molecular formula is C26H35NO. The van der Waals surface area contributed by atoms with Gasteiger partial charge in [-0.25, -0.2) is 0 Å². The molecule has 0 atom stereocenters. The van der Waals surface area contributed by atoms with E-state index in [1.54, 1.807) is 0 Å². The second kappa shape index (κ2) is 10.9. The first-order chi connectivity index (χ1) is 13.8. The molecule has 0 unspecified atom stereocenters. The molecule has 0 bridgehead atoms. The Balaban J connectivity index is 1.45. The molecular weight excluding hydrogens is 342 g/mol. The number of nitrogens with one attached hydrogen (secondary N) is 1. The van der Waals surface area contributed by atoms with Crippen LogP contribution in [0.1, 0.15) is 76.7 Å². The number of aromatic hydroxyl groups is 1. The lowest BCUT2D eigenvalue weighted by Gasteiger charge is -2.07. The molecule has 0 saturated heterocycles. The molecule has 2 N–H and O–H groups in total. The SMILES string of the molecule is CCCCCCCCCCCCc1cc(-c2cc3ccccc3[nH]2)ccc1O. The maximum Gasteiger partial charge on any atom is 0.118 e. The fourth-order valence-electron chi connectivity index (χ4n) is 3.99. The Morgan fingerprint density at radius 3 is 2.14 bits per heavy atom. The Labute approximate surface area is 170 Å². The van der Waals surface area contributed by atoms with Gasteiger partial charge in [0.1, 0.15) is 5.75 Å². The van der Waals surface area contributed by atoms with Crippen molar-refractivity contribution in [3.8, 4) is 17.0 Å². The lowest BCUT2D eigenvalue weighted by molar-refractivity contribution is 0.466. The molecule has 1 heterocycles. The number of hydrogen-bond donors (Lipinski definition) is 2. The number of H-pyrrole nitrogens is 1. The van der Waals surface area contributed by atoms with Gasteiger partial charge in [-0.15, -0.1) is 0 Å². The van der Waals surface area contributed by atoms with Crippen LogP contribution in [0.5, 0.6) is 5.75 Å². The Morgan fingerprint density at radius 2 is 1.43 bits per heavy atom. The molecule has 0 spiro atoms. The summed E-state index contributed by atoms with van der Waals surface area (Å²) in [6.45, 7) is 2.27. The van der Waals surface area contributed by atoms with Gasteiger partial charge in [0.2, 0.25) is 0 Å². The summed E-state index contributed by atoms with van der Waals surface area (Å²) >= 11 is 0. The van der Waals surface area contributed by atoms with Crippen molar-refractivity contribution in [1.82, 2.24) is 4.98 Å². The highest BCUT2D eigenvalue weighted by Crippen LogP contribution is 2.29. The highest BCUT2D eigenvalue weighted by Gasteiger charge is 2.07. The molecule has 3 aromatic rings. The van der Waals surface area contributed by atoms with Crippen LogP contribution in [-0.4, -0.2) is 10.1 Å². The van der Waals surface area contributed by atoms with Gasteiger partial charge in [-0.05, 0) is 54.3 Å². The molecule has 1 aromatic heterocycles. The van der Waals surface area contributed by atoms with E-state index in [0.29, 0.717) is 5.75 Å². The summed E-state index contributed by atoms with van der Waals surface area (Å²) in [4.78, 5) is 3.49. The lowest BCUT2D eigenvalue weighted by atomic mass is 10.0. The maximum absolute atomic E-state index is 10.3. The summed E-state index contributed by atoms with van der Waals surface area (Å²) in [5.74, 6) is 0.427. The average Bonchev–Trinajstić information content (AvgIpc) is 3.15. The monoisotopic (exact) mass is 377 g/mol. The van der Waals surface area contributed by atoms with E-state index in [9.17, 15) is 5.11 Å². The van der Waals surface area contributed by atoms with Crippen molar-refractivity contribution in [2.45, 2.75) is 77.6 Å². The normalized spacial score (nSPS) is 11.3. The van der Waals surface area contributed by atoms with Crippen LogP contribution in [0.15, 0.2) is 48.5 Å². The zero-order valence-corrected chi connectivity index (χ0v) is 17.3. The van der Waals surface area contributed by atoms with Crippen LogP contribution < -0.4 is 0 Å². The van der Waals surface area contributed by atoms with Crippen LogP contribution >= 0.6 is 0 Å². The van der Waals surface area contributed by atoms with Gasteiger partial charge in [0, 0.05) is 16.6 Å². The standard InChI is InChI=1S/C26H35NO/c1-2-3-4-5-6-7-8-9-10-11-15-23-19-22(17-18-26(23)28)25-20-21-14-12-13-16-24(21)27-25/h12-14,16-20,27-28H,2-11,15H2,1H3. The average molecular weight is 378 g/mol.